The van der Waals surface area contributed by atoms with Crippen molar-refractivity contribution in [1.29, 1.82) is 0 Å². The Morgan fingerprint density at radius 1 is 1.22 bits per heavy atom. The van der Waals surface area contributed by atoms with Crippen LogP contribution in [0.3, 0.4) is 0 Å². The first kappa shape index (κ1) is 19.6. The number of esters is 1. The molecule has 3 rings (SSSR count). The highest BCUT2D eigenvalue weighted by atomic mass is 16.6. The van der Waals surface area contributed by atoms with E-state index in [1.165, 1.54) is 0 Å². The van der Waals surface area contributed by atoms with Gasteiger partial charge in [-0.1, -0.05) is 5.21 Å². The number of rotatable bonds is 4. The Balaban J connectivity index is 1.74. The smallest absolute Gasteiger partial charge is 0.410 e. The van der Waals surface area contributed by atoms with E-state index in [1.54, 1.807) is 6.92 Å². The summed E-state index contributed by atoms with van der Waals surface area (Å²) in [7, 11) is 0. The van der Waals surface area contributed by atoms with Crippen LogP contribution in [0, 0.1) is 12.8 Å². The number of nitrogens with zero attached hydrogens (tertiary/aromatic N) is 4. The molecule has 2 atom stereocenters. The standard InChI is InChI=1S/C19H30N4O4/c1-6-26-17(24)16-12(2)23(21-20-16)14-9-10-22(15(11-14)13-7-8-13)18(25)27-19(3,4)5/h13-15H,6-11H2,1-5H3/t14-,15+/m1/s1. The van der Waals surface area contributed by atoms with E-state index in [4.69, 9.17) is 9.47 Å². The lowest BCUT2D eigenvalue weighted by molar-refractivity contribution is 0.00130. The normalized spacial score (nSPS) is 23.2. The third-order valence-electron chi connectivity index (χ3n) is 5.15. The van der Waals surface area contributed by atoms with E-state index >= 15 is 0 Å². The first-order valence-electron chi connectivity index (χ1n) is 9.79. The molecule has 1 saturated heterocycles. The molecule has 2 fully saturated rings. The lowest BCUT2D eigenvalue weighted by Gasteiger charge is -2.40. The molecule has 1 aromatic rings. The summed E-state index contributed by atoms with van der Waals surface area (Å²) in [5.74, 6) is 0.0832. The highest BCUT2D eigenvalue weighted by Crippen LogP contribution is 2.42. The molecule has 0 aromatic carbocycles. The monoisotopic (exact) mass is 378 g/mol. The van der Waals surface area contributed by atoms with Crippen molar-refractivity contribution in [2.24, 2.45) is 5.92 Å². The molecule has 0 radical (unpaired) electrons. The molecule has 1 aromatic heterocycles. The van der Waals surface area contributed by atoms with E-state index in [9.17, 15) is 9.59 Å². The zero-order valence-corrected chi connectivity index (χ0v) is 16.9. The molecule has 1 aliphatic heterocycles. The predicted molar refractivity (Wildman–Crippen MR) is 98.4 cm³/mol. The molecule has 2 aliphatic rings. The van der Waals surface area contributed by atoms with Gasteiger partial charge in [0.25, 0.3) is 0 Å². The highest BCUT2D eigenvalue weighted by molar-refractivity contribution is 5.88. The fraction of sp³-hybridized carbons (Fsp3) is 0.789. The summed E-state index contributed by atoms with van der Waals surface area (Å²) in [6.45, 7) is 10.2. The number of hydrogen-bond acceptors (Lipinski definition) is 6. The van der Waals surface area contributed by atoms with Crippen LogP contribution in [0.25, 0.3) is 0 Å². The van der Waals surface area contributed by atoms with Crippen LogP contribution in [0.4, 0.5) is 4.79 Å². The number of likely N-dealkylation sites (tertiary alicyclic amines) is 1. The van der Waals surface area contributed by atoms with Gasteiger partial charge in [-0.3, -0.25) is 0 Å². The van der Waals surface area contributed by atoms with E-state index in [2.05, 4.69) is 10.3 Å². The second-order valence-corrected chi connectivity index (χ2v) is 8.45. The van der Waals surface area contributed by atoms with E-state index < -0.39 is 11.6 Å². The Morgan fingerprint density at radius 2 is 1.93 bits per heavy atom. The highest BCUT2D eigenvalue weighted by Gasteiger charge is 2.43. The van der Waals surface area contributed by atoms with Gasteiger partial charge in [-0.25, -0.2) is 14.3 Å². The zero-order chi connectivity index (χ0) is 19.8. The summed E-state index contributed by atoms with van der Waals surface area (Å²) in [6, 6.07) is 0.262. The average Bonchev–Trinajstić information content (AvgIpc) is 3.35. The van der Waals surface area contributed by atoms with Gasteiger partial charge in [0.15, 0.2) is 5.69 Å². The minimum atomic E-state index is -0.501. The summed E-state index contributed by atoms with van der Waals surface area (Å²) in [6.07, 6.45) is 3.61. The van der Waals surface area contributed by atoms with E-state index in [0.717, 1.165) is 31.4 Å². The summed E-state index contributed by atoms with van der Waals surface area (Å²) >= 11 is 0. The van der Waals surface area contributed by atoms with Gasteiger partial charge >= 0.3 is 12.1 Å². The van der Waals surface area contributed by atoms with Crippen LogP contribution < -0.4 is 0 Å². The van der Waals surface area contributed by atoms with Gasteiger partial charge in [0.2, 0.25) is 0 Å². The summed E-state index contributed by atoms with van der Waals surface area (Å²) < 4.78 is 12.5. The van der Waals surface area contributed by atoms with Crippen LogP contribution in [0.15, 0.2) is 0 Å². The van der Waals surface area contributed by atoms with Crippen LogP contribution in [-0.2, 0) is 9.47 Å². The molecule has 1 saturated carbocycles. The fourth-order valence-corrected chi connectivity index (χ4v) is 3.75. The Hall–Kier alpha value is -2.12. The Kier molecular flexibility index (Phi) is 5.44. The number of carbonyl (C=O) groups is 2. The molecular weight excluding hydrogens is 348 g/mol. The van der Waals surface area contributed by atoms with Gasteiger partial charge in [-0.15, -0.1) is 5.10 Å². The molecule has 0 unspecified atom stereocenters. The van der Waals surface area contributed by atoms with E-state index in [1.807, 2.05) is 37.3 Å². The second kappa shape index (κ2) is 7.48. The van der Waals surface area contributed by atoms with Crippen LogP contribution in [0.2, 0.25) is 0 Å². The molecule has 27 heavy (non-hydrogen) atoms. The third kappa shape index (κ3) is 4.42. The number of aromatic nitrogens is 3. The first-order valence-corrected chi connectivity index (χ1v) is 9.79. The first-order chi connectivity index (χ1) is 12.7. The molecule has 150 valence electrons. The zero-order valence-electron chi connectivity index (χ0n) is 16.9. The average molecular weight is 378 g/mol. The molecule has 1 amide bonds. The lowest BCUT2D eigenvalue weighted by atomic mass is 9.94. The molecule has 8 heteroatoms. The van der Waals surface area contributed by atoms with E-state index in [0.29, 0.717) is 19.1 Å². The topological polar surface area (TPSA) is 86.5 Å². The Labute approximate surface area is 160 Å². The Bertz CT molecular complexity index is 705. The quantitative estimate of drug-likeness (QED) is 0.748. The molecular formula is C19H30N4O4. The van der Waals surface area contributed by atoms with Gasteiger partial charge in [0.05, 0.1) is 18.3 Å². The molecule has 0 bridgehead atoms. The van der Waals surface area contributed by atoms with Crippen molar-refractivity contribution in [3.63, 3.8) is 0 Å². The largest absolute Gasteiger partial charge is 0.461 e. The molecule has 0 spiro atoms. The minimum Gasteiger partial charge on any atom is -0.461 e. The number of hydrogen-bond donors (Lipinski definition) is 0. The number of amides is 1. The van der Waals surface area contributed by atoms with Crippen LogP contribution >= 0.6 is 0 Å². The number of carbonyl (C=O) groups excluding carboxylic acids is 2. The molecule has 8 nitrogen and oxygen atoms in total. The van der Waals surface area contributed by atoms with Crippen LogP contribution in [0.5, 0.6) is 0 Å². The summed E-state index contributed by atoms with van der Waals surface area (Å²) in [5, 5.41) is 8.25. The van der Waals surface area contributed by atoms with Crippen molar-refractivity contribution in [2.75, 3.05) is 13.2 Å². The lowest BCUT2D eigenvalue weighted by Crippen LogP contribution is -2.49. The maximum absolute atomic E-state index is 12.6. The SMILES string of the molecule is CCOC(=O)c1nnn([C@@H]2CCN(C(=O)OC(C)(C)C)[C@H](C3CC3)C2)c1C. The van der Waals surface area contributed by atoms with Crippen LogP contribution in [0.1, 0.15) is 75.6 Å². The second-order valence-electron chi connectivity index (χ2n) is 8.45. The van der Waals surface area contributed by atoms with Gasteiger partial charge in [0, 0.05) is 12.6 Å². The Morgan fingerprint density at radius 3 is 2.52 bits per heavy atom. The van der Waals surface area contributed by atoms with Gasteiger partial charge in [0.1, 0.15) is 5.60 Å². The van der Waals surface area contributed by atoms with Crippen molar-refractivity contribution < 1.29 is 19.1 Å². The number of piperidine rings is 1. The van der Waals surface area contributed by atoms with Gasteiger partial charge < -0.3 is 14.4 Å². The van der Waals surface area contributed by atoms with Crippen molar-refractivity contribution in [2.45, 2.75) is 78.0 Å². The third-order valence-corrected chi connectivity index (χ3v) is 5.15. The maximum Gasteiger partial charge on any atom is 0.410 e. The summed E-state index contributed by atoms with van der Waals surface area (Å²) in [5.41, 5.74) is 0.493. The van der Waals surface area contributed by atoms with E-state index in [-0.39, 0.29) is 23.9 Å². The predicted octanol–water partition coefficient (Wildman–Crippen LogP) is 3.11. The van der Waals surface area contributed by atoms with Crippen molar-refractivity contribution in [3.05, 3.63) is 11.4 Å². The van der Waals surface area contributed by atoms with Crippen LogP contribution in [-0.4, -0.2) is 56.8 Å². The molecule has 1 aliphatic carbocycles. The van der Waals surface area contributed by atoms with Crippen molar-refractivity contribution >= 4 is 12.1 Å². The minimum absolute atomic E-state index is 0.116. The maximum atomic E-state index is 12.6. The van der Waals surface area contributed by atoms with Gasteiger partial charge in [-0.05, 0) is 66.2 Å². The van der Waals surface area contributed by atoms with Crippen molar-refractivity contribution in [3.8, 4) is 0 Å². The molecule has 0 N–H and O–H groups in total. The van der Waals surface area contributed by atoms with Gasteiger partial charge in [-0.2, -0.15) is 0 Å². The molecule has 2 heterocycles. The number of ether oxygens (including phenoxy) is 2. The summed E-state index contributed by atoms with van der Waals surface area (Å²) in [4.78, 5) is 26.5. The fourth-order valence-electron chi connectivity index (χ4n) is 3.75. The van der Waals surface area contributed by atoms with Crippen molar-refractivity contribution in [1.82, 2.24) is 19.9 Å².